The van der Waals surface area contributed by atoms with E-state index >= 15 is 0 Å². The second-order valence-electron chi connectivity index (χ2n) is 9.03. The van der Waals surface area contributed by atoms with E-state index in [1.807, 2.05) is 43.0 Å². The van der Waals surface area contributed by atoms with E-state index in [0.29, 0.717) is 42.9 Å². The number of likely N-dealkylation sites (tertiary alicyclic amines) is 1. The van der Waals surface area contributed by atoms with Crippen molar-refractivity contribution in [2.24, 2.45) is 11.7 Å². The molecule has 0 bridgehead atoms. The topological polar surface area (TPSA) is 137 Å². The predicted molar refractivity (Wildman–Crippen MR) is 143 cm³/mol. The van der Waals surface area contributed by atoms with Crippen LogP contribution in [-0.4, -0.2) is 59.0 Å². The summed E-state index contributed by atoms with van der Waals surface area (Å²) in [6, 6.07) is 6.89. The molecule has 1 aromatic carbocycles. The number of benzene rings is 1. The van der Waals surface area contributed by atoms with Crippen molar-refractivity contribution in [3.63, 3.8) is 0 Å². The summed E-state index contributed by atoms with van der Waals surface area (Å²) in [6.07, 6.45) is 5.16. The van der Waals surface area contributed by atoms with Crippen LogP contribution in [0.1, 0.15) is 39.5 Å². The largest absolute Gasteiger partial charge is 0.369 e. The molecule has 3 rings (SSSR count). The van der Waals surface area contributed by atoms with Gasteiger partial charge in [0.25, 0.3) is 0 Å². The number of carbonyl (C=O) groups excluding carboxylic acids is 2. The molecule has 0 radical (unpaired) electrons. The Kier molecular flexibility index (Phi) is 10.1. The minimum absolute atomic E-state index is 0.0795. The molecule has 35 heavy (non-hydrogen) atoms. The average Bonchev–Trinajstić information content (AvgIpc) is 3.36. The smallest absolute Gasteiger partial charge is 0.321 e. The number of nitrogens with zero attached hydrogens (tertiary/aromatic N) is 3. The SMILES string of the molecule is CC(C)C[C@H](N)C(=O)NCCCNc1nc(Nc2cccc(NC(=O)N3CCCC3)c2)ncc1Br. The molecule has 1 aromatic heterocycles. The number of nitrogens with one attached hydrogen (secondary N) is 4. The van der Waals surface area contributed by atoms with E-state index in [4.69, 9.17) is 5.73 Å². The minimum atomic E-state index is -0.473. The molecular weight excluding hydrogens is 512 g/mol. The fourth-order valence-corrected chi connectivity index (χ4v) is 4.06. The number of amides is 3. The van der Waals surface area contributed by atoms with Gasteiger partial charge in [-0.15, -0.1) is 0 Å². The lowest BCUT2D eigenvalue weighted by molar-refractivity contribution is -0.122. The second kappa shape index (κ2) is 13.2. The maximum Gasteiger partial charge on any atom is 0.321 e. The maximum atomic E-state index is 12.4. The van der Waals surface area contributed by atoms with E-state index in [2.05, 4.69) is 47.2 Å². The standard InChI is InChI=1S/C24H35BrN8O2/c1-16(2)13-20(26)22(34)28-10-6-9-27-21-19(25)15-29-23(32-21)30-17-7-5-8-18(14-17)31-24(35)33-11-3-4-12-33/h5,7-8,14-16,20H,3-4,6,9-13,26H2,1-2H3,(H,28,34)(H,31,35)(H2,27,29,30,32)/t20-/m0/s1. The fraction of sp³-hybridized carbons (Fsp3) is 0.500. The van der Waals surface area contributed by atoms with Gasteiger partial charge in [-0.3, -0.25) is 4.79 Å². The third kappa shape index (κ3) is 8.66. The van der Waals surface area contributed by atoms with Crippen molar-refractivity contribution in [3.8, 4) is 0 Å². The zero-order valence-electron chi connectivity index (χ0n) is 20.3. The normalized spacial score (nSPS) is 14.0. The fourth-order valence-electron chi connectivity index (χ4n) is 3.73. The van der Waals surface area contributed by atoms with Crippen LogP contribution in [0.5, 0.6) is 0 Å². The number of carbonyl (C=O) groups is 2. The van der Waals surface area contributed by atoms with Crippen molar-refractivity contribution in [2.45, 2.75) is 45.6 Å². The third-order valence-electron chi connectivity index (χ3n) is 5.51. The van der Waals surface area contributed by atoms with Crippen molar-refractivity contribution < 1.29 is 9.59 Å². The molecule has 10 nitrogen and oxygen atoms in total. The first-order valence-electron chi connectivity index (χ1n) is 12.0. The molecule has 1 aliphatic heterocycles. The van der Waals surface area contributed by atoms with Gasteiger partial charge >= 0.3 is 6.03 Å². The van der Waals surface area contributed by atoms with E-state index in [1.165, 1.54) is 0 Å². The molecule has 1 aliphatic rings. The van der Waals surface area contributed by atoms with Crippen LogP contribution in [0.15, 0.2) is 34.9 Å². The lowest BCUT2D eigenvalue weighted by Gasteiger charge is -2.16. The first-order chi connectivity index (χ1) is 16.8. The molecule has 11 heteroatoms. The highest BCUT2D eigenvalue weighted by molar-refractivity contribution is 9.10. The van der Waals surface area contributed by atoms with Crippen LogP contribution in [0.2, 0.25) is 0 Å². The summed E-state index contributed by atoms with van der Waals surface area (Å²) in [4.78, 5) is 35.0. The molecule has 6 N–H and O–H groups in total. The molecule has 1 saturated heterocycles. The van der Waals surface area contributed by atoms with Gasteiger partial charge in [0.05, 0.1) is 10.5 Å². The molecule has 1 fully saturated rings. The quantitative estimate of drug-likeness (QED) is 0.269. The molecule has 3 amide bonds. The van der Waals surface area contributed by atoms with Crippen molar-refractivity contribution in [1.82, 2.24) is 20.2 Å². The van der Waals surface area contributed by atoms with E-state index < -0.39 is 6.04 Å². The number of hydrogen-bond acceptors (Lipinski definition) is 7. The van der Waals surface area contributed by atoms with Gasteiger partial charge in [-0.05, 0) is 65.7 Å². The molecule has 190 valence electrons. The van der Waals surface area contributed by atoms with Crippen LogP contribution in [0.25, 0.3) is 0 Å². The summed E-state index contributed by atoms with van der Waals surface area (Å²) in [5, 5.41) is 12.3. The van der Waals surface area contributed by atoms with Gasteiger partial charge in [-0.2, -0.15) is 4.98 Å². The Bertz CT molecular complexity index is 997. The third-order valence-corrected chi connectivity index (χ3v) is 6.10. The highest BCUT2D eigenvalue weighted by atomic mass is 79.9. The monoisotopic (exact) mass is 546 g/mol. The Hall–Kier alpha value is -2.92. The lowest BCUT2D eigenvalue weighted by atomic mass is 10.0. The van der Waals surface area contributed by atoms with Gasteiger partial charge < -0.3 is 31.9 Å². The van der Waals surface area contributed by atoms with Crippen LogP contribution < -0.4 is 27.0 Å². The molecule has 0 unspecified atom stereocenters. The van der Waals surface area contributed by atoms with Gasteiger partial charge in [0, 0.05) is 43.8 Å². The Labute approximate surface area is 215 Å². The summed E-state index contributed by atoms with van der Waals surface area (Å²) in [7, 11) is 0. The highest BCUT2D eigenvalue weighted by Crippen LogP contribution is 2.23. The van der Waals surface area contributed by atoms with Crippen LogP contribution in [0, 0.1) is 5.92 Å². The summed E-state index contributed by atoms with van der Waals surface area (Å²) in [5.74, 6) is 1.33. The van der Waals surface area contributed by atoms with E-state index in [1.54, 1.807) is 6.20 Å². The van der Waals surface area contributed by atoms with Gasteiger partial charge in [-0.1, -0.05) is 19.9 Å². The van der Waals surface area contributed by atoms with Gasteiger partial charge in [0.1, 0.15) is 5.82 Å². The van der Waals surface area contributed by atoms with Crippen molar-refractivity contribution >= 4 is 51.0 Å². The number of anilines is 4. The summed E-state index contributed by atoms with van der Waals surface area (Å²) >= 11 is 3.47. The molecule has 2 aromatic rings. The summed E-state index contributed by atoms with van der Waals surface area (Å²) in [6.45, 7) is 6.83. The van der Waals surface area contributed by atoms with Crippen molar-refractivity contribution in [3.05, 3.63) is 34.9 Å². The number of hydrogen-bond donors (Lipinski definition) is 5. The van der Waals surface area contributed by atoms with Crippen LogP contribution in [0.3, 0.4) is 0 Å². The van der Waals surface area contributed by atoms with E-state index in [9.17, 15) is 9.59 Å². The molecule has 0 saturated carbocycles. The van der Waals surface area contributed by atoms with Crippen LogP contribution >= 0.6 is 15.9 Å². The van der Waals surface area contributed by atoms with Gasteiger partial charge in [-0.25, -0.2) is 9.78 Å². The number of rotatable bonds is 11. The summed E-state index contributed by atoms with van der Waals surface area (Å²) < 4.78 is 0.734. The lowest BCUT2D eigenvalue weighted by Crippen LogP contribution is -2.41. The predicted octanol–water partition coefficient (Wildman–Crippen LogP) is 3.90. The number of urea groups is 1. The van der Waals surface area contributed by atoms with E-state index in [-0.39, 0.29) is 11.9 Å². The van der Waals surface area contributed by atoms with E-state index in [0.717, 1.165) is 42.5 Å². The number of aromatic nitrogens is 2. The maximum absolute atomic E-state index is 12.4. The second-order valence-corrected chi connectivity index (χ2v) is 9.88. The Morgan fingerprint density at radius 1 is 1.17 bits per heavy atom. The molecular formula is C24H35BrN8O2. The number of halogens is 1. The molecule has 2 heterocycles. The minimum Gasteiger partial charge on any atom is -0.369 e. The first kappa shape index (κ1) is 26.7. The molecule has 0 aliphatic carbocycles. The van der Waals surface area contributed by atoms with Gasteiger partial charge in [0.15, 0.2) is 0 Å². The Morgan fingerprint density at radius 2 is 1.91 bits per heavy atom. The first-order valence-corrected chi connectivity index (χ1v) is 12.8. The molecule has 1 atom stereocenters. The Morgan fingerprint density at radius 3 is 2.66 bits per heavy atom. The average molecular weight is 548 g/mol. The number of nitrogens with two attached hydrogens (primary N) is 1. The van der Waals surface area contributed by atoms with Crippen LogP contribution in [-0.2, 0) is 4.79 Å². The van der Waals surface area contributed by atoms with Crippen molar-refractivity contribution in [2.75, 3.05) is 42.1 Å². The molecule has 0 spiro atoms. The zero-order chi connectivity index (χ0) is 25.2. The summed E-state index contributed by atoms with van der Waals surface area (Å²) in [5.41, 5.74) is 7.37. The highest BCUT2D eigenvalue weighted by Gasteiger charge is 2.18. The Balaban J connectivity index is 1.48. The zero-order valence-corrected chi connectivity index (χ0v) is 21.9. The van der Waals surface area contributed by atoms with Crippen molar-refractivity contribution in [1.29, 1.82) is 0 Å². The van der Waals surface area contributed by atoms with Gasteiger partial charge in [0.2, 0.25) is 11.9 Å². The van der Waals surface area contributed by atoms with Crippen LogP contribution in [0.4, 0.5) is 27.9 Å².